The third-order valence-corrected chi connectivity index (χ3v) is 4.56. The van der Waals surface area contributed by atoms with E-state index in [0.717, 1.165) is 11.1 Å². The molecule has 3 aromatic rings. The van der Waals surface area contributed by atoms with Crippen LogP contribution in [0.15, 0.2) is 72.8 Å². The molecule has 0 unspecified atom stereocenters. The molecule has 0 aliphatic rings. The van der Waals surface area contributed by atoms with Crippen LogP contribution in [0.3, 0.4) is 0 Å². The zero-order valence-corrected chi connectivity index (χ0v) is 14.9. The van der Waals surface area contributed by atoms with Gasteiger partial charge in [-0.2, -0.15) is 0 Å². The predicted octanol–water partition coefficient (Wildman–Crippen LogP) is 4.09. The summed E-state index contributed by atoms with van der Waals surface area (Å²) in [5, 5.41) is 5.26. The number of nitrogens with one attached hydrogen (secondary N) is 1. The first-order valence-corrected chi connectivity index (χ1v) is 8.93. The van der Waals surface area contributed by atoms with Gasteiger partial charge in [0.05, 0.1) is 6.04 Å². The number of hydrogen-bond acceptors (Lipinski definition) is 2. The molecule has 1 atom stereocenters. The maximum Gasteiger partial charge on any atom is 0.220 e. The van der Waals surface area contributed by atoms with Crippen LogP contribution in [0, 0.1) is 0 Å². The number of ketones is 1. The topological polar surface area (TPSA) is 46.2 Å². The van der Waals surface area contributed by atoms with Gasteiger partial charge in [0.15, 0.2) is 5.78 Å². The van der Waals surface area contributed by atoms with Crippen LogP contribution < -0.4 is 5.32 Å². The van der Waals surface area contributed by atoms with Crippen molar-refractivity contribution in [3.8, 4) is 0 Å². The van der Waals surface area contributed by atoms with E-state index in [1.165, 1.54) is 17.7 Å². The standard InChI is InChI=1S/C23H23NO2/c1-17(25)22(16-18-7-3-2-4-8-18)24-23(26)14-12-19-11-13-20-9-5-6-10-21(20)15-19/h2-11,13,15,22H,12,14,16H2,1H3,(H,24,26)/t22-/m0/s1. The fourth-order valence-electron chi connectivity index (χ4n) is 3.06. The lowest BCUT2D eigenvalue weighted by Gasteiger charge is -2.16. The van der Waals surface area contributed by atoms with Crippen LogP contribution >= 0.6 is 0 Å². The maximum atomic E-state index is 12.3. The van der Waals surface area contributed by atoms with E-state index in [9.17, 15) is 9.59 Å². The summed E-state index contributed by atoms with van der Waals surface area (Å²) in [5.41, 5.74) is 2.17. The van der Waals surface area contributed by atoms with Gasteiger partial charge in [-0.3, -0.25) is 9.59 Å². The fourth-order valence-corrected chi connectivity index (χ4v) is 3.06. The van der Waals surface area contributed by atoms with Crippen molar-refractivity contribution in [1.82, 2.24) is 5.32 Å². The molecule has 1 N–H and O–H groups in total. The minimum Gasteiger partial charge on any atom is -0.346 e. The molecule has 0 saturated carbocycles. The highest BCUT2D eigenvalue weighted by atomic mass is 16.2. The van der Waals surface area contributed by atoms with Gasteiger partial charge in [0.25, 0.3) is 0 Å². The van der Waals surface area contributed by atoms with Gasteiger partial charge in [-0.1, -0.05) is 72.8 Å². The van der Waals surface area contributed by atoms with Crippen molar-refractivity contribution in [2.75, 3.05) is 0 Å². The van der Waals surface area contributed by atoms with E-state index in [1.807, 2.05) is 42.5 Å². The highest BCUT2D eigenvalue weighted by Crippen LogP contribution is 2.16. The Hall–Kier alpha value is -2.94. The monoisotopic (exact) mass is 345 g/mol. The van der Waals surface area contributed by atoms with Crippen LogP contribution in [0.4, 0.5) is 0 Å². The molecule has 0 saturated heterocycles. The Labute approximate surface area is 154 Å². The van der Waals surface area contributed by atoms with E-state index in [0.29, 0.717) is 19.3 Å². The lowest BCUT2D eigenvalue weighted by Crippen LogP contribution is -2.41. The largest absolute Gasteiger partial charge is 0.346 e. The maximum absolute atomic E-state index is 12.3. The fraction of sp³-hybridized carbons (Fsp3) is 0.217. The number of rotatable bonds is 7. The highest BCUT2D eigenvalue weighted by Gasteiger charge is 2.17. The highest BCUT2D eigenvalue weighted by molar-refractivity contribution is 5.88. The van der Waals surface area contributed by atoms with E-state index in [4.69, 9.17) is 0 Å². The van der Waals surface area contributed by atoms with Gasteiger partial charge in [0, 0.05) is 6.42 Å². The van der Waals surface area contributed by atoms with Crippen molar-refractivity contribution in [1.29, 1.82) is 0 Å². The number of benzene rings is 3. The van der Waals surface area contributed by atoms with Crippen molar-refractivity contribution >= 4 is 22.5 Å². The molecule has 0 spiro atoms. The molecule has 0 aliphatic heterocycles. The second kappa shape index (κ2) is 8.43. The summed E-state index contributed by atoms with van der Waals surface area (Å²) in [4.78, 5) is 24.2. The van der Waals surface area contributed by atoms with Gasteiger partial charge in [-0.25, -0.2) is 0 Å². The van der Waals surface area contributed by atoms with Crippen LogP contribution in [0.2, 0.25) is 0 Å². The molecule has 3 rings (SSSR count). The zero-order valence-electron chi connectivity index (χ0n) is 14.9. The van der Waals surface area contributed by atoms with E-state index in [2.05, 4.69) is 35.6 Å². The second-order valence-corrected chi connectivity index (χ2v) is 6.60. The summed E-state index contributed by atoms with van der Waals surface area (Å²) < 4.78 is 0. The molecule has 0 radical (unpaired) electrons. The van der Waals surface area contributed by atoms with Gasteiger partial charge < -0.3 is 5.32 Å². The van der Waals surface area contributed by atoms with Gasteiger partial charge in [0.1, 0.15) is 0 Å². The van der Waals surface area contributed by atoms with Crippen molar-refractivity contribution in [2.45, 2.75) is 32.2 Å². The van der Waals surface area contributed by atoms with Crippen LogP contribution in [-0.4, -0.2) is 17.7 Å². The van der Waals surface area contributed by atoms with Crippen molar-refractivity contribution in [2.24, 2.45) is 0 Å². The summed E-state index contributed by atoms with van der Waals surface area (Å²) in [7, 11) is 0. The molecular formula is C23H23NO2. The van der Waals surface area contributed by atoms with Gasteiger partial charge >= 0.3 is 0 Å². The summed E-state index contributed by atoms with van der Waals surface area (Å²) >= 11 is 0. The molecule has 3 nitrogen and oxygen atoms in total. The summed E-state index contributed by atoms with van der Waals surface area (Å²) in [5.74, 6) is -0.109. The average molecular weight is 345 g/mol. The van der Waals surface area contributed by atoms with Crippen molar-refractivity contribution < 1.29 is 9.59 Å². The lowest BCUT2D eigenvalue weighted by atomic mass is 10.0. The molecule has 0 aromatic heterocycles. The first-order valence-electron chi connectivity index (χ1n) is 8.93. The smallest absolute Gasteiger partial charge is 0.220 e. The third-order valence-electron chi connectivity index (χ3n) is 4.56. The van der Waals surface area contributed by atoms with Gasteiger partial charge in [-0.05, 0) is 41.7 Å². The number of carbonyl (C=O) groups excluding carboxylic acids is 2. The zero-order chi connectivity index (χ0) is 18.4. The summed E-state index contributed by atoms with van der Waals surface area (Å²) in [6, 6.07) is 23.7. The normalized spacial score (nSPS) is 11.9. The summed E-state index contributed by atoms with van der Waals surface area (Å²) in [6.45, 7) is 1.53. The van der Waals surface area contributed by atoms with Crippen LogP contribution in [0.1, 0.15) is 24.5 Å². The number of fused-ring (bicyclic) bond motifs is 1. The Kier molecular flexibility index (Phi) is 5.80. The Morgan fingerprint density at radius 3 is 2.27 bits per heavy atom. The second-order valence-electron chi connectivity index (χ2n) is 6.60. The minimum atomic E-state index is -0.471. The first-order chi connectivity index (χ1) is 12.6. The predicted molar refractivity (Wildman–Crippen MR) is 105 cm³/mol. The van der Waals surface area contributed by atoms with Crippen LogP contribution in [0.25, 0.3) is 10.8 Å². The molecular weight excluding hydrogens is 322 g/mol. The number of hydrogen-bond donors (Lipinski definition) is 1. The van der Waals surface area contributed by atoms with Crippen molar-refractivity contribution in [3.05, 3.63) is 83.9 Å². The Morgan fingerprint density at radius 2 is 1.54 bits per heavy atom. The molecule has 132 valence electrons. The van der Waals surface area contributed by atoms with Crippen molar-refractivity contribution in [3.63, 3.8) is 0 Å². The quantitative estimate of drug-likeness (QED) is 0.701. The minimum absolute atomic E-state index is 0.0205. The van der Waals surface area contributed by atoms with E-state index < -0.39 is 6.04 Å². The Balaban J connectivity index is 1.58. The Morgan fingerprint density at radius 1 is 0.846 bits per heavy atom. The molecule has 0 bridgehead atoms. The lowest BCUT2D eigenvalue weighted by molar-refractivity contribution is -0.126. The van der Waals surface area contributed by atoms with Crippen LogP contribution in [-0.2, 0) is 22.4 Å². The van der Waals surface area contributed by atoms with E-state index >= 15 is 0 Å². The first kappa shape index (κ1) is 17.9. The molecule has 3 aromatic carbocycles. The molecule has 3 heteroatoms. The third kappa shape index (κ3) is 4.79. The number of amides is 1. The molecule has 26 heavy (non-hydrogen) atoms. The van der Waals surface area contributed by atoms with Gasteiger partial charge in [0.2, 0.25) is 5.91 Å². The number of carbonyl (C=O) groups is 2. The SMILES string of the molecule is CC(=O)[C@H](Cc1ccccc1)NC(=O)CCc1ccc2ccccc2c1. The summed E-state index contributed by atoms with van der Waals surface area (Å²) in [6.07, 6.45) is 1.56. The average Bonchev–Trinajstić information content (AvgIpc) is 2.66. The van der Waals surface area contributed by atoms with E-state index in [-0.39, 0.29) is 11.7 Å². The Bertz CT molecular complexity index is 902. The van der Waals surface area contributed by atoms with Gasteiger partial charge in [-0.15, -0.1) is 0 Å². The van der Waals surface area contributed by atoms with E-state index in [1.54, 1.807) is 0 Å². The number of aryl methyl sites for hydroxylation is 1. The molecule has 1 amide bonds. The molecule has 0 heterocycles. The molecule has 0 aliphatic carbocycles. The van der Waals surface area contributed by atoms with Crippen LogP contribution in [0.5, 0.6) is 0 Å². The molecule has 0 fully saturated rings. The number of Topliss-reactive ketones (excluding diaryl/α,β-unsaturated/α-hetero) is 1.